The minimum absolute atomic E-state index is 0.0391. The number of nitrogens with zero attached hydrogens (tertiary/aromatic N) is 2. The van der Waals surface area contributed by atoms with Crippen molar-refractivity contribution in [3.05, 3.63) is 53.9 Å². The number of benzene rings is 1. The van der Waals surface area contributed by atoms with Crippen molar-refractivity contribution in [2.75, 3.05) is 7.11 Å². The quantitative estimate of drug-likeness (QED) is 0.848. The second-order valence-corrected chi connectivity index (χ2v) is 8.19. The third-order valence-electron chi connectivity index (χ3n) is 5.30. The Morgan fingerprint density at radius 2 is 2.18 bits per heavy atom. The van der Waals surface area contributed by atoms with Gasteiger partial charge in [0.1, 0.15) is 17.1 Å². The molecule has 2 heterocycles. The van der Waals surface area contributed by atoms with Crippen molar-refractivity contribution in [2.24, 2.45) is 0 Å². The van der Waals surface area contributed by atoms with Gasteiger partial charge in [-0.1, -0.05) is 6.07 Å². The number of nitrogens with one attached hydrogen (secondary N) is 1. The number of pyridine rings is 1. The Labute approximate surface area is 165 Å². The van der Waals surface area contributed by atoms with E-state index in [1.165, 1.54) is 0 Å². The van der Waals surface area contributed by atoms with Gasteiger partial charge >= 0.3 is 6.03 Å². The van der Waals surface area contributed by atoms with Crippen molar-refractivity contribution in [1.82, 2.24) is 15.2 Å². The van der Waals surface area contributed by atoms with Gasteiger partial charge in [0.25, 0.3) is 0 Å². The molecule has 1 atom stereocenters. The number of urea groups is 1. The van der Waals surface area contributed by atoms with Gasteiger partial charge in [0.05, 0.1) is 13.2 Å². The lowest BCUT2D eigenvalue weighted by Crippen LogP contribution is -2.46. The zero-order valence-corrected chi connectivity index (χ0v) is 16.6. The molecular weight excluding hydrogens is 354 g/mol. The second-order valence-electron chi connectivity index (χ2n) is 8.19. The number of aromatic nitrogens is 1. The van der Waals surface area contributed by atoms with E-state index >= 15 is 0 Å². The lowest BCUT2D eigenvalue weighted by atomic mass is 9.89. The molecule has 1 aliphatic carbocycles. The van der Waals surface area contributed by atoms with Crippen LogP contribution in [0, 0.1) is 0 Å². The monoisotopic (exact) mass is 381 g/mol. The van der Waals surface area contributed by atoms with Crippen LogP contribution in [0.4, 0.5) is 4.79 Å². The predicted molar refractivity (Wildman–Crippen MR) is 106 cm³/mol. The third kappa shape index (κ3) is 4.06. The van der Waals surface area contributed by atoms with Gasteiger partial charge in [-0.25, -0.2) is 4.79 Å². The van der Waals surface area contributed by atoms with E-state index < -0.39 is 0 Å². The molecule has 0 saturated heterocycles. The molecule has 28 heavy (non-hydrogen) atoms. The molecule has 2 aliphatic rings. The van der Waals surface area contributed by atoms with E-state index in [1.54, 1.807) is 13.3 Å². The Morgan fingerprint density at radius 3 is 2.86 bits per heavy atom. The molecule has 0 spiro atoms. The van der Waals surface area contributed by atoms with Gasteiger partial charge < -0.3 is 19.7 Å². The molecule has 1 fully saturated rings. The number of hydrogen-bond acceptors (Lipinski definition) is 4. The maximum atomic E-state index is 13.2. The molecule has 1 N–H and O–H groups in total. The predicted octanol–water partition coefficient (Wildman–Crippen LogP) is 4.07. The van der Waals surface area contributed by atoms with E-state index in [1.807, 2.05) is 55.3 Å². The Hall–Kier alpha value is -2.76. The summed E-state index contributed by atoms with van der Waals surface area (Å²) in [5.74, 6) is 1.56. The van der Waals surface area contributed by atoms with Crippen molar-refractivity contribution in [3.8, 4) is 11.5 Å². The summed E-state index contributed by atoms with van der Waals surface area (Å²) in [5.41, 5.74) is 1.65. The van der Waals surface area contributed by atoms with Gasteiger partial charge in [0.2, 0.25) is 0 Å². The van der Waals surface area contributed by atoms with Crippen LogP contribution in [0.25, 0.3) is 0 Å². The molecule has 1 unspecified atom stereocenters. The molecule has 2 aromatic rings. The van der Waals surface area contributed by atoms with Crippen molar-refractivity contribution in [3.63, 3.8) is 0 Å². The Bertz CT molecular complexity index is 849. The zero-order valence-electron chi connectivity index (χ0n) is 16.6. The van der Waals surface area contributed by atoms with Crippen LogP contribution in [0.3, 0.4) is 0 Å². The SMILES string of the molecule is COc1ccc2c(c1)C(NC(=O)N(Cc1cccnc1)C1CC1)CC(C)(C)O2. The molecule has 2 amide bonds. The summed E-state index contributed by atoms with van der Waals surface area (Å²) in [6.45, 7) is 4.67. The van der Waals surface area contributed by atoms with Crippen molar-refractivity contribution in [2.45, 2.75) is 57.3 Å². The summed E-state index contributed by atoms with van der Waals surface area (Å²) in [7, 11) is 1.64. The first kappa shape index (κ1) is 18.6. The van der Waals surface area contributed by atoms with Gasteiger partial charge in [0, 0.05) is 37.0 Å². The lowest BCUT2D eigenvalue weighted by Gasteiger charge is -2.38. The van der Waals surface area contributed by atoms with Gasteiger partial charge in [0.15, 0.2) is 0 Å². The number of ether oxygens (including phenoxy) is 2. The first-order chi connectivity index (χ1) is 13.4. The van der Waals surface area contributed by atoms with Crippen LogP contribution >= 0.6 is 0 Å². The molecule has 1 aromatic heterocycles. The highest BCUT2D eigenvalue weighted by atomic mass is 16.5. The fourth-order valence-corrected chi connectivity index (χ4v) is 3.76. The number of rotatable bonds is 5. The highest BCUT2D eigenvalue weighted by Crippen LogP contribution is 2.41. The first-order valence-corrected chi connectivity index (χ1v) is 9.78. The molecular formula is C22H27N3O3. The summed E-state index contributed by atoms with van der Waals surface area (Å²) >= 11 is 0. The number of methoxy groups -OCH3 is 1. The minimum atomic E-state index is -0.354. The average Bonchev–Trinajstić information content (AvgIpc) is 3.51. The van der Waals surface area contributed by atoms with Crippen LogP contribution < -0.4 is 14.8 Å². The number of carbonyl (C=O) groups excluding carboxylic acids is 1. The van der Waals surface area contributed by atoms with Crippen LogP contribution in [0.15, 0.2) is 42.7 Å². The van der Waals surface area contributed by atoms with E-state index in [9.17, 15) is 4.79 Å². The summed E-state index contributed by atoms with van der Waals surface area (Å²) in [6, 6.07) is 9.81. The first-order valence-electron chi connectivity index (χ1n) is 9.78. The maximum absolute atomic E-state index is 13.2. The van der Waals surface area contributed by atoms with Crippen LogP contribution in [0.5, 0.6) is 11.5 Å². The van der Waals surface area contributed by atoms with Crippen molar-refractivity contribution in [1.29, 1.82) is 0 Å². The Balaban J connectivity index is 1.56. The summed E-state index contributed by atoms with van der Waals surface area (Å²) in [5, 5.41) is 3.25. The molecule has 0 radical (unpaired) electrons. The van der Waals surface area contributed by atoms with Crippen LogP contribution in [-0.4, -0.2) is 34.7 Å². The summed E-state index contributed by atoms with van der Waals surface area (Å²) < 4.78 is 11.5. The molecule has 148 valence electrons. The third-order valence-corrected chi connectivity index (χ3v) is 5.30. The van der Waals surface area contributed by atoms with E-state index in [0.717, 1.165) is 35.5 Å². The van der Waals surface area contributed by atoms with E-state index in [2.05, 4.69) is 10.3 Å². The largest absolute Gasteiger partial charge is 0.497 e. The summed E-state index contributed by atoms with van der Waals surface area (Å²) in [4.78, 5) is 19.3. The van der Waals surface area contributed by atoms with Crippen molar-refractivity contribution < 1.29 is 14.3 Å². The van der Waals surface area contributed by atoms with E-state index in [-0.39, 0.29) is 17.7 Å². The normalized spacial score (nSPS) is 19.9. The number of carbonyl (C=O) groups is 1. The van der Waals surface area contributed by atoms with E-state index in [4.69, 9.17) is 9.47 Å². The molecule has 6 heteroatoms. The summed E-state index contributed by atoms with van der Waals surface area (Å²) in [6.07, 6.45) is 6.37. The lowest BCUT2D eigenvalue weighted by molar-refractivity contribution is 0.0660. The van der Waals surface area contributed by atoms with Gasteiger partial charge in [-0.3, -0.25) is 4.98 Å². The Kier molecular flexibility index (Phi) is 4.87. The minimum Gasteiger partial charge on any atom is -0.497 e. The topological polar surface area (TPSA) is 63.7 Å². The van der Waals surface area contributed by atoms with Gasteiger partial charge in [-0.2, -0.15) is 0 Å². The molecule has 0 bridgehead atoms. The van der Waals surface area contributed by atoms with Gasteiger partial charge in [-0.15, -0.1) is 0 Å². The Morgan fingerprint density at radius 1 is 1.36 bits per heavy atom. The van der Waals surface area contributed by atoms with E-state index in [0.29, 0.717) is 19.0 Å². The fraction of sp³-hybridized carbons (Fsp3) is 0.455. The highest BCUT2D eigenvalue weighted by molar-refractivity contribution is 5.76. The number of hydrogen-bond donors (Lipinski definition) is 1. The molecule has 4 rings (SSSR count). The second kappa shape index (κ2) is 7.34. The van der Waals surface area contributed by atoms with Crippen LogP contribution in [-0.2, 0) is 6.54 Å². The van der Waals surface area contributed by atoms with Gasteiger partial charge in [-0.05, 0) is 56.5 Å². The fourth-order valence-electron chi connectivity index (χ4n) is 3.76. The number of amides is 2. The maximum Gasteiger partial charge on any atom is 0.318 e. The number of fused-ring (bicyclic) bond motifs is 1. The smallest absolute Gasteiger partial charge is 0.318 e. The average molecular weight is 381 g/mol. The molecule has 6 nitrogen and oxygen atoms in total. The van der Waals surface area contributed by atoms with Crippen molar-refractivity contribution >= 4 is 6.03 Å². The molecule has 1 aromatic carbocycles. The highest BCUT2D eigenvalue weighted by Gasteiger charge is 2.38. The molecule has 1 aliphatic heterocycles. The van der Waals surface area contributed by atoms with Crippen LogP contribution in [0.1, 0.15) is 50.3 Å². The van der Waals surface area contributed by atoms with Crippen LogP contribution in [0.2, 0.25) is 0 Å². The standard InChI is InChI=1S/C22H27N3O3/c1-22(2)12-19(18-11-17(27-3)8-9-20(18)28-22)24-21(26)25(16-6-7-16)14-15-5-4-10-23-13-15/h4-5,8-11,13,16,19H,6-7,12,14H2,1-3H3,(H,24,26). The zero-order chi connectivity index (χ0) is 19.7. The molecule has 1 saturated carbocycles.